The fraction of sp³-hybridized carbons (Fsp3) is 0.250. The quantitative estimate of drug-likeness (QED) is 0.874. The molecule has 0 amide bonds. The Morgan fingerprint density at radius 1 is 1.25 bits per heavy atom. The summed E-state index contributed by atoms with van der Waals surface area (Å²) in [5.74, 6) is 1.71. The summed E-state index contributed by atoms with van der Waals surface area (Å²) < 4.78 is 5.59. The van der Waals surface area contributed by atoms with Crippen molar-refractivity contribution in [1.29, 1.82) is 5.26 Å². The number of ether oxygens (including phenoxy) is 1. The molecule has 4 heteroatoms. The summed E-state index contributed by atoms with van der Waals surface area (Å²) in [6.07, 6.45) is 2.42. The highest BCUT2D eigenvalue weighted by Gasteiger charge is 2.02. The zero-order valence-corrected chi connectivity index (χ0v) is 11.5. The molecule has 0 fully saturated rings. The van der Waals surface area contributed by atoms with Crippen LogP contribution >= 0.6 is 0 Å². The summed E-state index contributed by atoms with van der Waals surface area (Å²) in [5, 5.41) is 11.9. The monoisotopic (exact) mass is 267 g/mol. The molecule has 1 aromatic heterocycles. The topological polar surface area (TPSA) is 57.9 Å². The van der Waals surface area contributed by atoms with Crippen molar-refractivity contribution < 1.29 is 4.74 Å². The highest BCUT2D eigenvalue weighted by molar-refractivity contribution is 5.40. The van der Waals surface area contributed by atoms with Crippen LogP contribution in [0.4, 0.5) is 5.82 Å². The number of nitrogens with zero attached hydrogens (tertiary/aromatic N) is 2. The molecule has 0 aliphatic rings. The fourth-order valence-electron chi connectivity index (χ4n) is 1.90. The van der Waals surface area contributed by atoms with E-state index in [4.69, 9.17) is 10.00 Å². The maximum Gasteiger partial charge on any atom is 0.125 e. The van der Waals surface area contributed by atoms with Gasteiger partial charge in [-0.25, -0.2) is 4.98 Å². The van der Waals surface area contributed by atoms with Crippen LogP contribution in [0.5, 0.6) is 5.75 Å². The van der Waals surface area contributed by atoms with Crippen LogP contribution in [-0.2, 0) is 6.42 Å². The Morgan fingerprint density at radius 2 is 2.10 bits per heavy atom. The molecule has 0 atom stereocenters. The predicted octanol–water partition coefficient (Wildman–Crippen LogP) is 3.01. The van der Waals surface area contributed by atoms with E-state index in [1.165, 1.54) is 5.56 Å². The molecule has 0 bridgehead atoms. The lowest BCUT2D eigenvalue weighted by atomic mass is 10.1. The molecular formula is C16H17N3O. The molecule has 1 heterocycles. The molecule has 1 N–H and O–H groups in total. The third-order valence-electron chi connectivity index (χ3n) is 2.87. The molecule has 0 radical (unpaired) electrons. The van der Waals surface area contributed by atoms with Gasteiger partial charge in [-0.05, 0) is 37.1 Å². The Morgan fingerprint density at radius 3 is 2.80 bits per heavy atom. The number of para-hydroxylation sites is 1. The minimum absolute atomic E-state index is 0.567. The van der Waals surface area contributed by atoms with Gasteiger partial charge in [-0.2, -0.15) is 5.26 Å². The Labute approximate surface area is 119 Å². The van der Waals surface area contributed by atoms with Gasteiger partial charge in [0.15, 0.2) is 0 Å². The smallest absolute Gasteiger partial charge is 0.125 e. The van der Waals surface area contributed by atoms with Crippen molar-refractivity contribution in [1.82, 2.24) is 4.98 Å². The number of aromatic nitrogens is 1. The second-order valence-corrected chi connectivity index (χ2v) is 4.26. The van der Waals surface area contributed by atoms with E-state index in [1.54, 1.807) is 12.3 Å². The Kier molecular flexibility index (Phi) is 4.96. The van der Waals surface area contributed by atoms with Gasteiger partial charge in [-0.1, -0.05) is 18.2 Å². The number of benzene rings is 1. The van der Waals surface area contributed by atoms with E-state index >= 15 is 0 Å². The van der Waals surface area contributed by atoms with Gasteiger partial charge in [-0.3, -0.25) is 0 Å². The summed E-state index contributed by atoms with van der Waals surface area (Å²) in [4.78, 5) is 4.17. The first-order valence-electron chi connectivity index (χ1n) is 6.64. The van der Waals surface area contributed by atoms with Gasteiger partial charge in [-0.15, -0.1) is 0 Å². The molecule has 102 valence electrons. The molecule has 0 unspecified atom stereocenters. The average molecular weight is 267 g/mol. The first-order valence-corrected chi connectivity index (χ1v) is 6.64. The zero-order chi connectivity index (χ0) is 14.2. The first-order chi connectivity index (χ1) is 9.83. The molecule has 0 saturated carbocycles. The molecule has 0 aliphatic carbocycles. The van der Waals surface area contributed by atoms with Crippen LogP contribution in [0, 0.1) is 11.3 Å². The summed E-state index contributed by atoms with van der Waals surface area (Å²) in [6.45, 7) is 3.42. The Hall–Kier alpha value is -2.54. The largest absolute Gasteiger partial charge is 0.494 e. The number of anilines is 1. The van der Waals surface area contributed by atoms with Gasteiger partial charge in [0, 0.05) is 12.7 Å². The molecular weight excluding hydrogens is 250 g/mol. The molecule has 0 aliphatic heterocycles. The van der Waals surface area contributed by atoms with Crippen molar-refractivity contribution in [3.8, 4) is 11.8 Å². The summed E-state index contributed by atoms with van der Waals surface area (Å²) in [7, 11) is 0. The van der Waals surface area contributed by atoms with Gasteiger partial charge < -0.3 is 10.1 Å². The van der Waals surface area contributed by atoms with Gasteiger partial charge in [0.1, 0.15) is 17.6 Å². The van der Waals surface area contributed by atoms with Crippen molar-refractivity contribution in [2.75, 3.05) is 18.5 Å². The standard InChI is InChI=1S/C16H17N3O/c1-2-20-15-6-4-3-5-14(15)9-10-18-16-8-7-13(11-17)12-19-16/h3-8,12H,2,9-10H2,1H3,(H,18,19). The number of nitrogens with one attached hydrogen (secondary N) is 1. The van der Waals surface area contributed by atoms with Crippen molar-refractivity contribution in [2.24, 2.45) is 0 Å². The van der Waals surface area contributed by atoms with E-state index in [0.717, 1.165) is 24.5 Å². The lowest BCUT2D eigenvalue weighted by Crippen LogP contribution is -2.07. The minimum Gasteiger partial charge on any atom is -0.494 e. The van der Waals surface area contributed by atoms with Crippen LogP contribution in [0.2, 0.25) is 0 Å². The first kappa shape index (κ1) is 13.9. The number of pyridine rings is 1. The number of hydrogen-bond donors (Lipinski definition) is 1. The van der Waals surface area contributed by atoms with Crippen LogP contribution in [-0.4, -0.2) is 18.1 Å². The highest BCUT2D eigenvalue weighted by atomic mass is 16.5. The Bertz CT molecular complexity index is 587. The van der Waals surface area contributed by atoms with Crippen LogP contribution in [0.25, 0.3) is 0 Å². The van der Waals surface area contributed by atoms with Crippen LogP contribution in [0.3, 0.4) is 0 Å². The highest BCUT2D eigenvalue weighted by Crippen LogP contribution is 2.18. The van der Waals surface area contributed by atoms with E-state index in [-0.39, 0.29) is 0 Å². The minimum atomic E-state index is 0.567. The lowest BCUT2D eigenvalue weighted by molar-refractivity contribution is 0.336. The van der Waals surface area contributed by atoms with E-state index in [2.05, 4.69) is 22.4 Å². The zero-order valence-electron chi connectivity index (χ0n) is 11.5. The lowest BCUT2D eigenvalue weighted by Gasteiger charge is -2.10. The van der Waals surface area contributed by atoms with Crippen molar-refractivity contribution in [3.05, 3.63) is 53.7 Å². The number of nitriles is 1. The van der Waals surface area contributed by atoms with Crippen molar-refractivity contribution in [3.63, 3.8) is 0 Å². The van der Waals surface area contributed by atoms with Crippen molar-refractivity contribution >= 4 is 5.82 Å². The molecule has 0 spiro atoms. The average Bonchev–Trinajstić information content (AvgIpc) is 2.50. The Balaban J connectivity index is 1.91. The number of rotatable bonds is 6. The fourth-order valence-corrected chi connectivity index (χ4v) is 1.90. The van der Waals surface area contributed by atoms with Crippen LogP contribution in [0.1, 0.15) is 18.1 Å². The van der Waals surface area contributed by atoms with Crippen molar-refractivity contribution in [2.45, 2.75) is 13.3 Å². The van der Waals surface area contributed by atoms with E-state index in [1.807, 2.05) is 31.2 Å². The molecule has 0 saturated heterocycles. The summed E-state index contributed by atoms with van der Waals surface area (Å²) in [6, 6.07) is 13.7. The SMILES string of the molecule is CCOc1ccccc1CCNc1ccc(C#N)cn1. The third-order valence-corrected chi connectivity index (χ3v) is 2.87. The van der Waals surface area contributed by atoms with Crippen LogP contribution in [0.15, 0.2) is 42.6 Å². The maximum absolute atomic E-state index is 8.71. The molecule has 2 aromatic rings. The predicted molar refractivity (Wildman–Crippen MR) is 78.8 cm³/mol. The summed E-state index contributed by atoms with van der Waals surface area (Å²) >= 11 is 0. The molecule has 2 rings (SSSR count). The van der Waals surface area contributed by atoms with E-state index in [9.17, 15) is 0 Å². The molecule has 4 nitrogen and oxygen atoms in total. The van der Waals surface area contributed by atoms with Crippen LogP contribution < -0.4 is 10.1 Å². The van der Waals surface area contributed by atoms with Gasteiger partial charge in [0.2, 0.25) is 0 Å². The number of hydrogen-bond acceptors (Lipinski definition) is 4. The van der Waals surface area contributed by atoms with Gasteiger partial charge in [0.05, 0.1) is 12.2 Å². The molecule has 1 aromatic carbocycles. The third kappa shape index (κ3) is 3.72. The van der Waals surface area contributed by atoms with Gasteiger partial charge >= 0.3 is 0 Å². The second kappa shape index (κ2) is 7.15. The van der Waals surface area contributed by atoms with E-state index < -0.39 is 0 Å². The normalized spacial score (nSPS) is 9.80. The second-order valence-electron chi connectivity index (χ2n) is 4.26. The maximum atomic E-state index is 8.71. The summed E-state index contributed by atoms with van der Waals surface area (Å²) in [5.41, 5.74) is 1.74. The van der Waals surface area contributed by atoms with Gasteiger partial charge in [0.25, 0.3) is 0 Å². The van der Waals surface area contributed by atoms with E-state index in [0.29, 0.717) is 12.2 Å². The molecule has 20 heavy (non-hydrogen) atoms.